The quantitative estimate of drug-likeness (QED) is 0.626. The van der Waals surface area contributed by atoms with Crippen LogP contribution < -0.4 is 10.6 Å². The van der Waals surface area contributed by atoms with Crippen LogP contribution in [-0.4, -0.2) is 48.4 Å². The Labute approximate surface area is 204 Å². The van der Waals surface area contributed by atoms with Crippen molar-refractivity contribution in [2.45, 2.75) is 82.3 Å². The second kappa shape index (κ2) is 10.7. The van der Waals surface area contributed by atoms with Gasteiger partial charge in [-0.3, -0.25) is 9.59 Å². The average molecular weight is 462 g/mol. The van der Waals surface area contributed by atoms with Crippen molar-refractivity contribution in [3.63, 3.8) is 0 Å². The van der Waals surface area contributed by atoms with Gasteiger partial charge in [0.25, 0.3) is 0 Å². The number of fused-ring (bicyclic) bond motifs is 1. The van der Waals surface area contributed by atoms with Gasteiger partial charge in [0.1, 0.15) is 0 Å². The highest BCUT2D eigenvalue weighted by atomic mass is 16.2. The number of carbonyl (C=O) groups excluding carboxylic acids is 2. The molecule has 1 saturated carbocycles. The fourth-order valence-corrected chi connectivity index (χ4v) is 5.77. The fourth-order valence-electron chi connectivity index (χ4n) is 5.77. The molecule has 2 aliphatic carbocycles. The van der Waals surface area contributed by atoms with Crippen LogP contribution in [0, 0.1) is 6.92 Å². The van der Waals surface area contributed by atoms with Crippen molar-refractivity contribution in [3.8, 4) is 0 Å². The molecule has 1 fully saturated rings. The summed E-state index contributed by atoms with van der Waals surface area (Å²) in [6, 6.07) is 17.5. The lowest BCUT2D eigenvalue weighted by Crippen LogP contribution is -2.52. The van der Waals surface area contributed by atoms with Gasteiger partial charge in [-0.2, -0.15) is 0 Å². The third kappa shape index (κ3) is 6.06. The van der Waals surface area contributed by atoms with E-state index in [1.54, 1.807) is 0 Å². The van der Waals surface area contributed by atoms with Gasteiger partial charge in [0.05, 0.1) is 0 Å². The van der Waals surface area contributed by atoms with Gasteiger partial charge in [0.2, 0.25) is 11.8 Å². The zero-order chi connectivity index (χ0) is 24.1. The summed E-state index contributed by atoms with van der Waals surface area (Å²) in [7, 11) is 4.35. The van der Waals surface area contributed by atoms with E-state index in [1.165, 1.54) is 22.3 Å². The van der Waals surface area contributed by atoms with Crippen molar-refractivity contribution in [1.29, 1.82) is 0 Å². The molecule has 0 radical (unpaired) electrons. The van der Waals surface area contributed by atoms with E-state index in [4.69, 9.17) is 0 Å². The lowest BCUT2D eigenvalue weighted by Gasteiger charge is -2.45. The first-order valence-corrected chi connectivity index (χ1v) is 12.7. The summed E-state index contributed by atoms with van der Waals surface area (Å²) in [5.41, 5.74) is 5.45. The molecule has 2 N–H and O–H groups in total. The third-order valence-corrected chi connectivity index (χ3v) is 7.84. The summed E-state index contributed by atoms with van der Waals surface area (Å²) in [6.45, 7) is 2.14. The van der Waals surface area contributed by atoms with Crippen LogP contribution in [0.4, 0.5) is 0 Å². The summed E-state index contributed by atoms with van der Waals surface area (Å²) in [4.78, 5) is 27.3. The Morgan fingerprint density at radius 3 is 2.03 bits per heavy atom. The van der Waals surface area contributed by atoms with E-state index in [2.05, 4.69) is 73.0 Å². The van der Waals surface area contributed by atoms with E-state index >= 15 is 0 Å². The Kier molecular flexibility index (Phi) is 7.72. The molecule has 0 heterocycles. The maximum Gasteiger partial charge on any atom is 0.220 e. The molecule has 5 nitrogen and oxygen atoms in total. The number of rotatable bonds is 8. The second-order valence-corrected chi connectivity index (χ2v) is 10.6. The van der Waals surface area contributed by atoms with Crippen LogP contribution in [0.2, 0.25) is 0 Å². The first-order valence-electron chi connectivity index (χ1n) is 12.7. The Bertz CT molecular complexity index is 983. The van der Waals surface area contributed by atoms with E-state index in [0.29, 0.717) is 0 Å². The smallest absolute Gasteiger partial charge is 0.220 e. The van der Waals surface area contributed by atoms with Gasteiger partial charge in [-0.1, -0.05) is 54.1 Å². The molecular formula is C29H39N3O2. The predicted octanol–water partition coefficient (Wildman–Crippen LogP) is 3.96. The minimum atomic E-state index is -0.0265. The molecule has 2 amide bonds. The first kappa shape index (κ1) is 24.5. The zero-order valence-electron chi connectivity index (χ0n) is 20.9. The maximum absolute atomic E-state index is 12.6. The average Bonchev–Trinajstić information content (AvgIpc) is 3.21. The monoisotopic (exact) mass is 461 g/mol. The molecule has 0 aromatic heterocycles. The van der Waals surface area contributed by atoms with E-state index in [1.807, 2.05) is 12.1 Å². The van der Waals surface area contributed by atoms with Crippen LogP contribution >= 0.6 is 0 Å². The highest BCUT2D eigenvalue weighted by Gasteiger charge is 2.37. The van der Waals surface area contributed by atoms with Gasteiger partial charge in [0.15, 0.2) is 0 Å². The molecule has 0 bridgehead atoms. The molecule has 5 heteroatoms. The van der Waals surface area contributed by atoms with Crippen molar-refractivity contribution in [1.82, 2.24) is 15.5 Å². The number of carbonyl (C=O) groups is 2. The summed E-state index contributed by atoms with van der Waals surface area (Å²) >= 11 is 0. The second-order valence-electron chi connectivity index (χ2n) is 10.6. The van der Waals surface area contributed by atoms with Crippen LogP contribution in [0.1, 0.15) is 60.8 Å². The normalized spacial score (nSPS) is 22.4. The lowest BCUT2D eigenvalue weighted by atomic mass is 9.74. The predicted molar refractivity (Wildman–Crippen MR) is 137 cm³/mol. The van der Waals surface area contributed by atoms with Gasteiger partial charge in [-0.15, -0.1) is 0 Å². The standard InChI is InChI=1S/C29H39N3O2/c1-21-7-6-8-22(17-21)20-29(32(2)3)15-13-25(14-16-29)30-27(33)11-12-28(34)31-26-18-23-9-4-5-10-24(23)19-26/h4-10,17,25-26H,11-16,18-20H2,1-3H3,(H,30,33)(H,31,34). The van der Waals surface area contributed by atoms with Crippen molar-refractivity contribution in [3.05, 3.63) is 70.8 Å². The van der Waals surface area contributed by atoms with Crippen molar-refractivity contribution < 1.29 is 9.59 Å². The molecule has 0 saturated heterocycles. The summed E-state index contributed by atoms with van der Waals surface area (Å²) in [5, 5.41) is 6.30. The number of hydrogen-bond acceptors (Lipinski definition) is 3. The van der Waals surface area contributed by atoms with Crippen molar-refractivity contribution in [2.24, 2.45) is 0 Å². The molecule has 182 valence electrons. The van der Waals surface area contributed by atoms with Crippen LogP contribution in [0.3, 0.4) is 0 Å². The number of hydrogen-bond donors (Lipinski definition) is 2. The van der Waals surface area contributed by atoms with Gasteiger partial charge in [0, 0.05) is 30.5 Å². The van der Waals surface area contributed by atoms with Gasteiger partial charge >= 0.3 is 0 Å². The van der Waals surface area contributed by atoms with Crippen LogP contribution in [0.15, 0.2) is 48.5 Å². The number of nitrogens with zero attached hydrogens (tertiary/aromatic N) is 1. The Hall–Kier alpha value is -2.66. The van der Waals surface area contributed by atoms with Gasteiger partial charge in [-0.25, -0.2) is 0 Å². The molecule has 2 aromatic carbocycles. The zero-order valence-corrected chi connectivity index (χ0v) is 20.9. The Morgan fingerprint density at radius 2 is 1.47 bits per heavy atom. The van der Waals surface area contributed by atoms with E-state index in [0.717, 1.165) is 44.9 Å². The van der Waals surface area contributed by atoms with Crippen LogP contribution in [0.5, 0.6) is 0 Å². The molecule has 0 spiro atoms. The van der Waals surface area contributed by atoms with Crippen molar-refractivity contribution >= 4 is 11.8 Å². The van der Waals surface area contributed by atoms with Gasteiger partial charge < -0.3 is 15.5 Å². The van der Waals surface area contributed by atoms with E-state index in [-0.39, 0.29) is 42.3 Å². The SMILES string of the molecule is Cc1cccc(CC2(N(C)C)CCC(NC(=O)CCC(=O)NC3Cc4ccccc4C3)CC2)c1. The molecule has 0 atom stereocenters. The first-order chi connectivity index (χ1) is 16.3. The minimum absolute atomic E-state index is 0.00843. The Balaban J connectivity index is 1.20. The summed E-state index contributed by atoms with van der Waals surface area (Å²) < 4.78 is 0. The minimum Gasteiger partial charge on any atom is -0.353 e. The molecule has 34 heavy (non-hydrogen) atoms. The largest absolute Gasteiger partial charge is 0.353 e. The molecule has 0 unspecified atom stereocenters. The molecular weight excluding hydrogens is 422 g/mol. The number of likely N-dealkylation sites (N-methyl/N-ethyl adjacent to an activating group) is 1. The summed E-state index contributed by atoms with van der Waals surface area (Å²) in [5.74, 6) is -0.0349. The molecule has 2 aliphatic rings. The maximum atomic E-state index is 12.6. The number of nitrogens with one attached hydrogen (secondary N) is 2. The highest BCUT2D eigenvalue weighted by molar-refractivity contribution is 5.84. The van der Waals surface area contributed by atoms with Crippen LogP contribution in [0.25, 0.3) is 0 Å². The summed E-state index contributed by atoms with van der Waals surface area (Å²) in [6.07, 6.45) is 7.37. The van der Waals surface area contributed by atoms with E-state index in [9.17, 15) is 9.59 Å². The van der Waals surface area contributed by atoms with Crippen molar-refractivity contribution in [2.75, 3.05) is 14.1 Å². The fraction of sp³-hybridized carbons (Fsp3) is 0.517. The highest BCUT2D eigenvalue weighted by Crippen LogP contribution is 2.35. The Morgan fingerprint density at radius 1 is 0.882 bits per heavy atom. The molecule has 2 aromatic rings. The number of benzene rings is 2. The number of aryl methyl sites for hydroxylation is 1. The molecule has 0 aliphatic heterocycles. The lowest BCUT2D eigenvalue weighted by molar-refractivity contribution is -0.127. The number of amides is 2. The van der Waals surface area contributed by atoms with Crippen LogP contribution in [-0.2, 0) is 28.9 Å². The topological polar surface area (TPSA) is 61.4 Å². The van der Waals surface area contributed by atoms with E-state index < -0.39 is 0 Å². The molecule has 4 rings (SSSR count). The van der Waals surface area contributed by atoms with Gasteiger partial charge in [-0.05, 0) is 82.7 Å². The third-order valence-electron chi connectivity index (χ3n) is 7.84.